The zero-order chi connectivity index (χ0) is 12.8. The van der Waals surface area contributed by atoms with Crippen molar-refractivity contribution >= 4 is 11.1 Å². The highest BCUT2D eigenvalue weighted by atomic mass is 16.5. The molecule has 2 aromatic heterocycles. The molecule has 0 aliphatic heterocycles. The van der Waals surface area contributed by atoms with E-state index in [0.29, 0.717) is 17.6 Å². The van der Waals surface area contributed by atoms with Gasteiger partial charge < -0.3 is 14.7 Å². The van der Waals surface area contributed by atoms with E-state index in [4.69, 9.17) is 14.7 Å². The van der Waals surface area contributed by atoms with Gasteiger partial charge in [0.15, 0.2) is 11.5 Å². The summed E-state index contributed by atoms with van der Waals surface area (Å²) in [5.74, 6) is 2.29. The summed E-state index contributed by atoms with van der Waals surface area (Å²) in [6.07, 6.45) is 2.34. The highest BCUT2D eigenvalue weighted by molar-refractivity contribution is 5.78. The Morgan fingerprint density at radius 2 is 2.16 bits per heavy atom. The average Bonchev–Trinajstić information content (AvgIpc) is 3.03. The Labute approximate surface area is 108 Å². The first kappa shape index (κ1) is 10.7. The second-order valence-electron chi connectivity index (χ2n) is 4.72. The summed E-state index contributed by atoms with van der Waals surface area (Å²) < 4.78 is 10.7. The summed E-state index contributed by atoms with van der Waals surface area (Å²) in [6.45, 7) is 0.241. The largest absolute Gasteiger partial charge is 0.440 e. The minimum Gasteiger partial charge on any atom is -0.440 e. The Bertz CT molecular complexity index is 742. The molecule has 3 aromatic rings. The normalized spacial score (nSPS) is 15.2. The van der Waals surface area contributed by atoms with Gasteiger partial charge in [0.1, 0.15) is 5.52 Å². The van der Waals surface area contributed by atoms with Crippen molar-refractivity contribution in [2.45, 2.75) is 25.3 Å². The van der Waals surface area contributed by atoms with E-state index >= 15 is 0 Å². The van der Waals surface area contributed by atoms with Crippen molar-refractivity contribution in [3.63, 3.8) is 0 Å². The quantitative estimate of drug-likeness (QED) is 0.772. The van der Waals surface area contributed by atoms with Gasteiger partial charge in [-0.3, -0.25) is 0 Å². The van der Waals surface area contributed by atoms with Crippen LogP contribution in [0.5, 0.6) is 0 Å². The molecule has 0 bridgehead atoms. The summed E-state index contributed by atoms with van der Waals surface area (Å²) in [7, 11) is 0. The Hall–Kier alpha value is -2.21. The maximum Gasteiger partial charge on any atom is 0.240 e. The van der Waals surface area contributed by atoms with Crippen molar-refractivity contribution in [2.75, 3.05) is 0 Å². The summed E-state index contributed by atoms with van der Waals surface area (Å²) in [4.78, 5) is 8.71. The monoisotopic (exact) mass is 256 g/mol. The molecule has 0 atom stereocenters. The van der Waals surface area contributed by atoms with E-state index in [0.717, 1.165) is 22.6 Å². The van der Waals surface area contributed by atoms with Crippen LogP contribution >= 0.6 is 0 Å². The summed E-state index contributed by atoms with van der Waals surface area (Å²) in [5, 5.41) is 3.89. The number of benzene rings is 1. The van der Waals surface area contributed by atoms with Gasteiger partial charge in [-0.15, -0.1) is 0 Å². The second kappa shape index (κ2) is 3.89. The molecule has 1 fully saturated rings. The molecule has 19 heavy (non-hydrogen) atoms. The summed E-state index contributed by atoms with van der Waals surface area (Å²) >= 11 is 0. The van der Waals surface area contributed by atoms with Crippen molar-refractivity contribution < 1.29 is 8.94 Å². The Morgan fingerprint density at radius 1 is 1.26 bits per heavy atom. The van der Waals surface area contributed by atoms with Gasteiger partial charge in [0.2, 0.25) is 11.7 Å². The van der Waals surface area contributed by atoms with E-state index in [2.05, 4.69) is 15.1 Å². The van der Waals surface area contributed by atoms with E-state index < -0.39 is 0 Å². The van der Waals surface area contributed by atoms with Gasteiger partial charge >= 0.3 is 0 Å². The van der Waals surface area contributed by atoms with Crippen molar-refractivity contribution in [3.05, 3.63) is 30.0 Å². The maximum atomic E-state index is 5.71. The van der Waals surface area contributed by atoms with Crippen LogP contribution in [-0.4, -0.2) is 15.1 Å². The fraction of sp³-hybridized carbons (Fsp3) is 0.308. The molecule has 1 saturated carbocycles. The van der Waals surface area contributed by atoms with Gasteiger partial charge in [0.25, 0.3) is 0 Å². The Kier molecular flexibility index (Phi) is 2.19. The first-order chi connectivity index (χ1) is 9.33. The van der Waals surface area contributed by atoms with Crippen LogP contribution in [0.2, 0.25) is 0 Å². The number of hydrogen-bond donors (Lipinski definition) is 1. The molecule has 0 spiro atoms. The number of nitrogens with two attached hydrogens (primary N) is 1. The van der Waals surface area contributed by atoms with E-state index in [1.54, 1.807) is 0 Å². The molecule has 96 valence electrons. The molecule has 0 amide bonds. The molecule has 0 unspecified atom stereocenters. The van der Waals surface area contributed by atoms with Crippen LogP contribution in [-0.2, 0) is 6.54 Å². The van der Waals surface area contributed by atoms with E-state index in [1.165, 1.54) is 12.8 Å². The predicted molar refractivity (Wildman–Crippen MR) is 67.2 cm³/mol. The second-order valence-corrected chi connectivity index (χ2v) is 4.72. The van der Waals surface area contributed by atoms with Gasteiger partial charge in [-0.1, -0.05) is 5.16 Å². The van der Waals surface area contributed by atoms with Crippen molar-refractivity contribution in [3.8, 4) is 11.4 Å². The third-order valence-electron chi connectivity index (χ3n) is 3.23. The molecular formula is C13H12N4O2. The first-order valence-electron chi connectivity index (χ1n) is 6.27. The summed E-state index contributed by atoms with van der Waals surface area (Å²) in [5.41, 5.74) is 7.94. The van der Waals surface area contributed by atoms with Gasteiger partial charge in [-0.25, -0.2) is 4.98 Å². The smallest absolute Gasteiger partial charge is 0.240 e. The molecular weight excluding hydrogens is 244 g/mol. The molecule has 1 aliphatic carbocycles. The Morgan fingerprint density at radius 3 is 2.89 bits per heavy atom. The lowest BCUT2D eigenvalue weighted by Crippen LogP contribution is -1.95. The van der Waals surface area contributed by atoms with Gasteiger partial charge in [0, 0.05) is 11.5 Å². The molecule has 2 heterocycles. The molecule has 0 radical (unpaired) electrons. The number of fused-ring (bicyclic) bond motifs is 1. The molecule has 6 nitrogen and oxygen atoms in total. The molecule has 4 rings (SSSR count). The predicted octanol–water partition coefficient (Wildman–Crippen LogP) is 2.21. The minimum atomic E-state index is 0.241. The van der Waals surface area contributed by atoms with Crippen LogP contribution < -0.4 is 5.73 Å². The highest BCUT2D eigenvalue weighted by Gasteiger charge is 2.28. The van der Waals surface area contributed by atoms with E-state index in [9.17, 15) is 0 Å². The van der Waals surface area contributed by atoms with Crippen molar-refractivity contribution in [2.24, 2.45) is 5.73 Å². The first-order valence-corrected chi connectivity index (χ1v) is 6.27. The fourth-order valence-corrected chi connectivity index (χ4v) is 2.04. The number of aromatic nitrogens is 3. The van der Waals surface area contributed by atoms with Crippen LogP contribution in [0.25, 0.3) is 22.5 Å². The number of nitrogens with zero attached hydrogens (tertiary/aromatic N) is 3. The SMILES string of the molecule is NCc1nc(-c2ccc3oc(C4CC4)nc3c2)no1. The van der Waals surface area contributed by atoms with Gasteiger partial charge in [-0.2, -0.15) is 4.98 Å². The molecule has 0 saturated heterocycles. The van der Waals surface area contributed by atoms with Crippen molar-refractivity contribution in [1.29, 1.82) is 0 Å². The summed E-state index contributed by atoms with van der Waals surface area (Å²) in [6, 6.07) is 5.70. The van der Waals surface area contributed by atoms with E-state index in [-0.39, 0.29) is 6.54 Å². The number of rotatable bonds is 3. The number of hydrogen-bond acceptors (Lipinski definition) is 6. The van der Waals surface area contributed by atoms with Crippen LogP contribution in [0.4, 0.5) is 0 Å². The van der Waals surface area contributed by atoms with Crippen LogP contribution in [0.1, 0.15) is 30.5 Å². The number of oxazole rings is 1. The topological polar surface area (TPSA) is 91.0 Å². The molecule has 1 aliphatic rings. The lowest BCUT2D eigenvalue weighted by Gasteiger charge is -1.92. The standard InChI is InChI=1S/C13H12N4O2/c14-6-11-16-12(17-19-11)8-3-4-10-9(5-8)15-13(18-10)7-1-2-7/h3-5,7H,1-2,6,14H2. The third-order valence-corrected chi connectivity index (χ3v) is 3.23. The van der Waals surface area contributed by atoms with Gasteiger partial charge in [0.05, 0.1) is 6.54 Å². The third kappa shape index (κ3) is 1.80. The van der Waals surface area contributed by atoms with Crippen LogP contribution in [0.15, 0.2) is 27.1 Å². The average molecular weight is 256 g/mol. The molecule has 1 aromatic carbocycles. The highest BCUT2D eigenvalue weighted by Crippen LogP contribution is 2.40. The zero-order valence-electron chi connectivity index (χ0n) is 10.2. The fourth-order valence-electron chi connectivity index (χ4n) is 2.04. The van der Waals surface area contributed by atoms with Crippen LogP contribution in [0.3, 0.4) is 0 Å². The van der Waals surface area contributed by atoms with Gasteiger partial charge in [-0.05, 0) is 31.0 Å². The minimum absolute atomic E-state index is 0.241. The van der Waals surface area contributed by atoms with E-state index in [1.807, 2.05) is 18.2 Å². The Balaban J connectivity index is 1.77. The molecule has 2 N–H and O–H groups in total. The zero-order valence-corrected chi connectivity index (χ0v) is 10.2. The van der Waals surface area contributed by atoms with Crippen molar-refractivity contribution in [1.82, 2.24) is 15.1 Å². The van der Waals surface area contributed by atoms with Crippen LogP contribution in [0, 0.1) is 0 Å². The maximum absolute atomic E-state index is 5.71. The molecule has 6 heteroatoms. The lowest BCUT2D eigenvalue weighted by atomic mass is 10.2. The lowest BCUT2D eigenvalue weighted by molar-refractivity contribution is 0.380.